The number of esters is 1. The Morgan fingerprint density at radius 1 is 1.56 bits per heavy atom. The smallest absolute Gasteiger partial charge is 0.325 e. The topological polar surface area (TPSA) is 55.6 Å². The largest absolute Gasteiger partial charge is 0.468 e. The zero-order valence-electron chi connectivity index (χ0n) is 10.3. The number of rotatable bonds is 5. The van der Waals surface area contributed by atoms with Crippen molar-refractivity contribution in [2.75, 3.05) is 25.1 Å². The minimum Gasteiger partial charge on any atom is -0.468 e. The van der Waals surface area contributed by atoms with Crippen molar-refractivity contribution in [1.29, 1.82) is 0 Å². The highest BCUT2D eigenvalue weighted by Crippen LogP contribution is 2.27. The number of halogens is 1. The number of benzene rings is 1. The van der Waals surface area contributed by atoms with Crippen LogP contribution in [0.5, 0.6) is 0 Å². The third-order valence-corrected chi connectivity index (χ3v) is 3.37. The van der Waals surface area contributed by atoms with Crippen molar-refractivity contribution in [3.8, 4) is 0 Å². The summed E-state index contributed by atoms with van der Waals surface area (Å²) in [6.07, 6.45) is 0. The van der Waals surface area contributed by atoms with Crippen molar-refractivity contribution in [2.24, 2.45) is 5.73 Å². The van der Waals surface area contributed by atoms with Gasteiger partial charge in [0.25, 0.3) is 0 Å². The molecule has 4 nitrogen and oxygen atoms in total. The minimum atomic E-state index is -0.276. The quantitative estimate of drug-likeness (QED) is 0.661. The van der Waals surface area contributed by atoms with Gasteiger partial charge in [-0.2, -0.15) is 0 Å². The number of hydrogen-bond acceptors (Lipinski definition) is 4. The molecular formula is C12H15BrN2O2S. The fourth-order valence-electron chi connectivity index (χ4n) is 1.50. The number of thiocarbonyl (C=S) groups is 1. The molecule has 0 atom stereocenters. The average Bonchev–Trinajstić information content (AvgIpc) is 2.35. The predicted octanol–water partition coefficient (Wildman–Crippen LogP) is 2.08. The van der Waals surface area contributed by atoms with E-state index in [4.69, 9.17) is 18.0 Å². The Kier molecular flexibility index (Phi) is 5.55. The molecule has 0 aliphatic carbocycles. The van der Waals surface area contributed by atoms with Crippen molar-refractivity contribution in [3.05, 3.63) is 28.2 Å². The first-order valence-corrected chi connectivity index (χ1v) is 6.60. The molecule has 0 aromatic heterocycles. The number of nitrogens with zero attached hydrogens (tertiary/aromatic N) is 1. The zero-order valence-corrected chi connectivity index (χ0v) is 12.7. The van der Waals surface area contributed by atoms with Crippen molar-refractivity contribution >= 4 is 44.8 Å². The maximum Gasteiger partial charge on any atom is 0.325 e. The summed E-state index contributed by atoms with van der Waals surface area (Å²) in [5.74, 6) is -0.276. The molecule has 0 unspecified atom stereocenters. The van der Waals surface area contributed by atoms with E-state index >= 15 is 0 Å². The highest BCUT2D eigenvalue weighted by molar-refractivity contribution is 9.10. The minimum absolute atomic E-state index is 0.206. The molecule has 1 aromatic carbocycles. The van der Waals surface area contributed by atoms with Gasteiger partial charge in [-0.25, -0.2) is 0 Å². The van der Waals surface area contributed by atoms with Crippen LogP contribution in [0, 0.1) is 0 Å². The number of methoxy groups -OCH3 is 1. The molecule has 0 bridgehead atoms. The zero-order chi connectivity index (χ0) is 13.7. The van der Waals surface area contributed by atoms with Crippen LogP contribution in [-0.2, 0) is 9.53 Å². The summed E-state index contributed by atoms with van der Waals surface area (Å²) in [5.41, 5.74) is 7.26. The average molecular weight is 331 g/mol. The van der Waals surface area contributed by atoms with E-state index in [1.54, 1.807) is 0 Å². The molecule has 0 amide bonds. The van der Waals surface area contributed by atoms with Crippen LogP contribution in [0.25, 0.3) is 0 Å². The monoisotopic (exact) mass is 330 g/mol. The van der Waals surface area contributed by atoms with Crippen molar-refractivity contribution in [2.45, 2.75) is 6.92 Å². The van der Waals surface area contributed by atoms with Gasteiger partial charge in [0.15, 0.2) is 0 Å². The molecule has 2 N–H and O–H groups in total. The number of nitrogens with two attached hydrogens (primary N) is 1. The van der Waals surface area contributed by atoms with Crippen LogP contribution in [0.15, 0.2) is 22.7 Å². The fourth-order valence-corrected chi connectivity index (χ4v) is 2.26. The molecule has 18 heavy (non-hydrogen) atoms. The van der Waals surface area contributed by atoms with Crippen molar-refractivity contribution < 1.29 is 9.53 Å². The van der Waals surface area contributed by atoms with Crippen molar-refractivity contribution in [3.63, 3.8) is 0 Å². The lowest BCUT2D eigenvalue weighted by atomic mass is 10.2. The number of likely N-dealkylation sites (N-methyl/N-ethyl adjacent to an activating group) is 1. The second-order valence-electron chi connectivity index (χ2n) is 3.62. The van der Waals surface area contributed by atoms with E-state index in [2.05, 4.69) is 20.7 Å². The molecule has 0 spiro atoms. The van der Waals surface area contributed by atoms with E-state index in [-0.39, 0.29) is 12.5 Å². The third-order valence-electron chi connectivity index (χ3n) is 2.50. The van der Waals surface area contributed by atoms with E-state index in [1.165, 1.54) is 7.11 Å². The van der Waals surface area contributed by atoms with Gasteiger partial charge in [0.05, 0.1) is 12.8 Å². The predicted molar refractivity (Wildman–Crippen MR) is 79.9 cm³/mol. The highest BCUT2D eigenvalue weighted by Gasteiger charge is 2.13. The molecule has 0 saturated heterocycles. The maximum atomic E-state index is 11.3. The standard InChI is InChI=1S/C12H15BrN2O2S/c1-3-15(7-11(16)17-2)10-5-4-8(12(14)18)6-9(10)13/h4-6H,3,7H2,1-2H3,(H2,14,18). The summed E-state index contributed by atoms with van der Waals surface area (Å²) < 4.78 is 5.52. The van der Waals surface area contributed by atoms with Gasteiger partial charge >= 0.3 is 5.97 Å². The van der Waals surface area contributed by atoms with Crippen LogP contribution >= 0.6 is 28.1 Å². The Hall–Kier alpha value is -1.14. The van der Waals surface area contributed by atoms with E-state index < -0.39 is 0 Å². The van der Waals surface area contributed by atoms with E-state index in [9.17, 15) is 4.79 Å². The summed E-state index contributed by atoms with van der Waals surface area (Å²) >= 11 is 8.38. The summed E-state index contributed by atoms with van der Waals surface area (Å²) in [6, 6.07) is 5.56. The molecular weight excluding hydrogens is 316 g/mol. The van der Waals surface area contributed by atoms with Crippen LogP contribution in [-0.4, -0.2) is 31.2 Å². The van der Waals surface area contributed by atoms with Gasteiger partial charge in [0.2, 0.25) is 0 Å². The Bertz CT molecular complexity index is 465. The second kappa shape index (κ2) is 6.70. The molecule has 0 radical (unpaired) electrons. The Morgan fingerprint density at radius 2 is 2.22 bits per heavy atom. The highest BCUT2D eigenvalue weighted by atomic mass is 79.9. The van der Waals surface area contributed by atoms with E-state index in [0.29, 0.717) is 11.5 Å². The van der Waals surface area contributed by atoms with Crippen LogP contribution < -0.4 is 10.6 Å². The Morgan fingerprint density at radius 3 is 2.67 bits per heavy atom. The fraction of sp³-hybridized carbons (Fsp3) is 0.333. The first kappa shape index (κ1) is 14.9. The molecule has 6 heteroatoms. The van der Waals surface area contributed by atoms with Gasteiger partial charge in [0, 0.05) is 16.6 Å². The molecule has 1 aromatic rings. The first-order chi connectivity index (χ1) is 8.49. The van der Waals surface area contributed by atoms with E-state index in [0.717, 1.165) is 15.7 Å². The van der Waals surface area contributed by atoms with Crippen LogP contribution in [0.4, 0.5) is 5.69 Å². The molecule has 1 rings (SSSR count). The summed E-state index contributed by atoms with van der Waals surface area (Å²) in [5, 5.41) is 0. The lowest BCUT2D eigenvalue weighted by Crippen LogP contribution is -2.30. The first-order valence-electron chi connectivity index (χ1n) is 5.40. The lowest BCUT2D eigenvalue weighted by molar-refractivity contribution is -0.138. The molecule has 0 saturated carbocycles. The molecule has 0 aliphatic heterocycles. The van der Waals surface area contributed by atoms with Gasteiger partial charge in [-0.3, -0.25) is 4.79 Å². The second-order valence-corrected chi connectivity index (χ2v) is 4.91. The van der Waals surface area contributed by atoms with Gasteiger partial charge in [-0.05, 0) is 41.1 Å². The van der Waals surface area contributed by atoms with Gasteiger partial charge in [-0.15, -0.1) is 0 Å². The summed E-state index contributed by atoms with van der Waals surface area (Å²) in [6.45, 7) is 2.87. The summed E-state index contributed by atoms with van der Waals surface area (Å²) in [7, 11) is 1.38. The van der Waals surface area contributed by atoms with Gasteiger partial charge < -0.3 is 15.4 Å². The lowest BCUT2D eigenvalue weighted by Gasteiger charge is -2.23. The Balaban J connectivity index is 3.00. The van der Waals surface area contributed by atoms with Crippen LogP contribution in [0.3, 0.4) is 0 Å². The number of carbonyl (C=O) groups is 1. The number of carbonyl (C=O) groups excluding carboxylic acids is 1. The maximum absolute atomic E-state index is 11.3. The van der Waals surface area contributed by atoms with Crippen LogP contribution in [0.2, 0.25) is 0 Å². The molecule has 0 fully saturated rings. The normalized spacial score (nSPS) is 9.94. The summed E-state index contributed by atoms with van der Waals surface area (Å²) in [4.78, 5) is 13.6. The number of hydrogen-bond donors (Lipinski definition) is 1. The van der Waals surface area contributed by atoms with Crippen molar-refractivity contribution in [1.82, 2.24) is 0 Å². The third kappa shape index (κ3) is 3.68. The molecule has 0 aliphatic rings. The number of ether oxygens (including phenoxy) is 1. The number of anilines is 1. The van der Waals surface area contributed by atoms with Gasteiger partial charge in [-0.1, -0.05) is 12.2 Å². The van der Waals surface area contributed by atoms with E-state index in [1.807, 2.05) is 30.0 Å². The van der Waals surface area contributed by atoms with Gasteiger partial charge in [0.1, 0.15) is 11.5 Å². The SMILES string of the molecule is CCN(CC(=O)OC)c1ccc(C(N)=S)cc1Br. The molecule has 98 valence electrons. The van der Waals surface area contributed by atoms with Crippen LogP contribution in [0.1, 0.15) is 12.5 Å². The Labute approximate surface area is 120 Å². The molecule has 0 heterocycles.